The Balaban J connectivity index is 2.26. The molecule has 0 saturated heterocycles. The van der Waals surface area contributed by atoms with Crippen molar-refractivity contribution < 1.29 is 0 Å². The molecule has 0 aliphatic carbocycles. The van der Waals surface area contributed by atoms with Gasteiger partial charge in [0.05, 0.1) is 5.25 Å². The van der Waals surface area contributed by atoms with Crippen molar-refractivity contribution in [1.82, 2.24) is 14.8 Å². The molecule has 0 radical (unpaired) electrons. The van der Waals surface area contributed by atoms with Crippen LogP contribution in [0.3, 0.4) is 0 Å². The third kappa shape index (κ3) is 2.68. The highest BCUT2D eigenvalue weighted by molar-refractivity contribution is 7.99. The molecule has 0 bridgehead atoms. The topological polar surface area (TPSA) is 76.7 Å². The van der Waals surface area contributed by atoms with E-state index in [0.29, 0.717) is 5.16 Å². The van der Waals surface area contributed by atoms with E-state index < -0.39 is 0 Å². The number of nitrogens with one attached hydrogen (secondary N) is 1. The number of rotatable bonds is 5. The van der Waals surface area contributed by atoms with E-state index in [-0.39, 0.29) is 17.0 Å². The Kier molecular flexibility index (Phi) is 4.26. The van der Waals surface area contributed by atoms with Crippen molar-refractivity contribution in [3.63, 3.8) is 0 Å². The van der Waals surface area contributed by atoms with Crippen LogP contribution < -0.4 is 11.4 Å². The minimum Gasteiger partial charge on any atom is -0.326 e. The first-order valence-corrected chi connectivity index (χ1v) is 7.46. The van der Waals surface area contributed by atoms with E-state index in [2.05, 4.69) is 23.2 Å². The van der Waals surface area contributed by atoms with Crippen LogP contribution in [0.4, 0.5) is 0 Å². The summed E-state index contributed by atoms with van der Waals surface area (Å²) in [5.41, 5.74) is 5.97. The van der Waals surface area contributed by atoms with Gasteiger partial charge in [-0.25, -0.2) is 9.89 Å². The molecule has 0 aliphatic rings. The van der Waals surface area contributed by atoms with Crippen LogP contribution in [0.2, 0.25) is 0 Å². The SMILES string of the molecule is CCC(N)C(Sc1n[nH]c(=O)n1C)c1cccs1. The summed E-state index contributed by atoms with van der Waals surface area (Å²) < 4.78 is 1.51. The van der Waals surface area contributed by atoms with E-state index in [9.17, 15) is 4.79 Å². The number of thiophene rings is 1. The van der Waals surface area contributed by atoms with Crippen molar-refractivity contribution in [2.45, 2.75) is 29.8 Å². The summed E-state index contributed by atoms with van der Waals surface area (Å²) in [6.45, 7) is 2.06. The molecule has 0 aliphatic heterocycles. The minimum absolute atomic E-state index is 0.0421. The molecule has 2 atom stereocenters. The molecule has 0 spiro atoms. The summed E-state index contributed by atoms with van der Waals surface area (Å²) in [4.78, 5) is 12.6. The number of aromatic nitrogens is 3. The van der Waals surface area contributed by atoms with Gasteiger partial charge in [0.25, 0.3) is 0 Å². The Morgan fingerprint density at radius 2 is 2.44 bits per heavy atom. The van der Waals surface area contributed by atoms with E-state index in [1.165, 1.54) is 21.2 Å². The first kappa shape index (κ1) is 13.4. The summed E-state index contributed by atoms with van der Waals surface area (Å²) in [6, 6.07) is 4.13. The van der Waals surface area contributed by atoms with Crippen molar-refractivity contribution >= 4 is 23.1 Å². The number of hydrogen-bond donors (Lipinski definition) is 2. The summed E-state index contributed by atoms with van der Waals surface area (Å²) in [5.74, 6) is 0. The van der Waals surface area contributed by atoms with Crippen LogP contribution in [-0.4, -0.2) is 20.8 Å². The molecule has 2 heterocycles. The molecule has 0 amide bonds. The normalized spacial score (nSPS) is 14.6. The molecule has 7 heteroatoms. The van der Waals surface area contributed by atoms with Crippen LogP contribution in [0.5, 0.6) is 0 Å². The zero-order valence-corrected chi connectivity index (χ0v) is 11.9. The predicted octanol–water partition coefficient (Wildman–Crippen LogP) is 1.74. The van der Waals surface area contributed by atoms with E-state index in [1.54, 1.807) is 18.4 Å². The largest absolute Gasteiger partial charge is 0.343 e. The lowest BCUT2D eigenvalue weighted by Crippen LogP contribution is -2.25. The smallest absolute Gasteiger partial charge is 0.326 e. The van der Waals surface area contributed by atoms with Gasteiger partial charge in [0.1, 0.15) is 0 Å². The van der Waals surface area contributed by atoms with Crippen LogP contribution >= 0.6 is 23.1 Å². The quantitative estimate of drug-likeness (QED) is 0.820. The number of nitrogens with zero attached hydrogens (tertiary/aromatic N) is 2. The molecule has 2 unspecified atom stereocenters. The van der Waals surface area contributed by atoms with Crippen LogP contribution in [0.1, 0.15) is 23.5 Å². The lowest BCUT2D eigenvalue weighted by Gasteiger charge is -2.20. The Labute approximate surface area is 113 Å². The van der Waals surface area contributed by atoms with Gasteiger partial charge < -0.3 is 5.73 Å². The zero-order valence-electron chi connectivity index (χ0n) is 10.3. The van der Waals surface area contributed by atoms with E-state index in [0.717, 1.165) is 6.42 Å². The average molecular weight is 284 g/mol. The van der Waals surface area contributed by atoms with Crippen molar-refractivity contribution in [3.05, 3.63) is 32.9 Å². The van der Waals surface area contributed by atoms with E-state index >= 15 is 0 Å². The van der Waals surface area contributed by atoms with Crippen LogP contribution in [-0.2, 0) is 7.05 Å². The van der Waals surface area contributed by atoms with Gasteiger partial charge >= 0.3 is 5.69 Å². The molecular formula is C11H16N4OS2. The summed E-state index contributed by atoms with van der Waals surface area (Å²) in [6.07, 6.45) is 0.883. The molecular weight excluding hydrogens is 268 g/mol. The van der Waals surface area contributed by atoms with Gasteiger partial charge in [0.15, 0.2) is 5.16 Å². The molecule has 5 nitrogen and oxygen atoms in total. The number of thioether (sulfide) groups is 1. The summed E-state index contributed by atoms with van der Waals surface area (Å²) >= 11 is 3.21. The molecule has 98 valence electrons. The Morgan fingerprint density at radius 1 is 1.67 bits per heavy atom. The molecule has 2 aromatic rings. The first-order valence-electron chi connectivity index (χ1n) is 5.70. The van der Waals surface area contributed by atoms with Crippen LogP contribution in [0.25, 0.3) is 0 Å². The fourth-order valence-corrected chi connectivity index (χ4v) is 3.79. The molecule has 2 aromatic heterocycles. The minimum atomic E-state index is -0.201. The third-order valence-corrected chi connectivity index (χ3v) is 5.29. The summed E-state index contributed by atoms with van der Waals surface area (Å²) in [5, 5.41) is 9.30. The lowest BCUT2D eigenvalue weighted by molar-refractivity contribution is 0.635. The molecule has 18 heavy (non-hydrogen) atoms. The number of nitrogens with two attached hydrogens (primary N) is 1. The van der Waals surface area contributed by atoms with Gasteiger partial charge in [0.2, 0.25) is 0 Å². The number of hydrogen-bond acceptors (Lipinski definition) is 5. The number of aromatic amines is 1. The van der Waals surface area contributed by atoms with Gasteiger partial charge in [-0.3, -0.25) is 4.57 Å². The van der Waals surface area contributed by atoms with Gasteiger partial charge in [-0.05, 0) is 17.9 Å². The van der Waals surface area contributed by atoms with Crippen LogP contribution in [0, 0.1) is 0 Å². The highest BCUT2D eigenvalue weighted by Crippen LogP contribution is 2.38. The maximum Gasteiger partial charge on any atom is 0.343 e. The molecule has 0 saturated carbocycles. The summed E-state index contributed by atoms with van der Waals surface area (Å²) in [7, 11) is 1.71. The third-order valence-electron chi connectivity index (χ3n) is 2.76. The predicted molar refractivity (Wildman–Crippen MR) is 75.0 cm³/mol. The van der Waals surface area contributed by atoms with Gasteiger partial charge in [-0.1, -0.05) is 24.8 Å². The maximum absolute atomic E-state index is 11.4. The number of H-pyrrole nitrogens is 1. The second-order valence-electron chi connectivity index (χ2n) is 4.00. The van der Waals surface area contributed by atoms with E-state index in [4.69, 9.17) is 5.73 Å². The highest BCUT2D eigenvalue weighted by Gasteiger charge is 2.23. The van der Waals surface area contributed by atoms with Crippen molar-refractivity contribution in [3.8, 4) is 0 Å². The maximum atomic E-state index is 11.4. The fraction of sp³-hybridized carbons (Fsp3) is 0.455. The molecule has 0 fully saturated rings. The van der Waals surface area contributed by atoms with Crippen molar-refractivity contribution in [1.29, 1.82) is 0 Å². The Hall–Kier alpha value is -1.05. The van der Waals surface area contributed by atoms with Gasteiger partial charge in [-0.15, -0.1) is 16.4 Å². The second kappa shape index (κ2) is 5.73. The Morgan fingerprint density at radius 3 is 2.94 bits per heavy atom. The van der Waals surface area contributed by atoms with Gasteiger partial charge in [0, 0.05) is 18.0 Å². The molecule has 2 rings (SSSR count). The molecule has 0 aromatic carbocycles. The van der Waals surface area contributed by atoms with Crippen LogP contribution in [0.15, 0.2) is 27.5 Å². The fourth-order valence-electron chi connectivity index (χ4n) is 1.58. The standard InChI is InChI=1S/C11H16N4OS2/c1-3-7(12)9(8-5-4-6-17-8)18-11-14-13-10(16)15(11)2/h4-7,9H,3,12H2,1-2H3,(H,13,16). The van der Waals surface area contributed by atoms with Crippen molar-refractivity contribution in [2.24, 2.45) is 12.8 Å². The molecule has 3 N–H and O–H groups in total. The monoisotopic (exact) mass is 284 g/mol. The van der Waals surface area contributed by atoms with Gasteiger partial charge in [-0.2, -0.15) is 0 Å². The Bertz CT molecular complexity index is 546. The second-order valence-corrected chi connectivity index (χ2v) is 6.08. The average Bonchev–Trinajstić information content (AvgIpc) is 2.99. The van der Waals surface area contributed by atoms with E-state index in [1.807, 2.05) is 11.4 Å². The highest BCUT2D eigenvalue weighted by atomic mass is 32.2. The first-order chi connectivity index (χ1) is 8.63. The lowest BCUT2D eigenvalue weighted by atomic mass is 10.1. The van der Waals surface area contributed by atoms with Crippen molar-refractivity contribution in [2.75, 3.05) is 0 Å². The zero-order chi connectivity index (χ0) is 13.1.